The van der Waals surface area contributed by atoms with Crippen molar-refractivity contribution in [3.8, 4) is 16.9 Å². The highest BCUT2D eigenvalue weighted by molar-refractivity contribution is 7.90. The van der Waals surface area contributed by atoms with Crippen molar-refractivity contribution >= 4 is 27.2 Å². The summed E-state index contributed by atoms with van der Waals surface area (Å²) >= 11 is 0. The quantitative estimate of drug-likeness (QED) is 0.264. The van der Waals surface area contributed by atoms with Gasteiger partial charge < -0.3 is 15.4 Å². The fourth-order valence-corrected chi connectivity index (χ4v) is 5.17. The number of ether oxygens (including phenoxy) is 1. The van der Waals surface area contributed by atoms with Crippen molar-refractivity contribution in [1.29, 1.82) is 0 Å². The molecule has 0 saturated heterocycles. The van der Waals surface area contributed by atoms with Gasteiger partial charge in [0.05, 0.1) is 29.0 Å². The number of hydrogen-bond donors (Lipinski definition) is 2. The smallest absolute Gasteiger partial charge is 0.416 e. The van der Waals surface area contributed by atoms with Crippen LogP contribution >= 0.6 is 0 Å². The standard InChI is InChI=1S/C28H23F3N2O4S/c1-37-23-12-5-9-20(15-23)25-14-13-24(38(35,36)18-19-7-3-2-4-8-19)17-26(25)33-27(34)32-22-11-6-10-21(16-22)28(29,30)31/h2-17H,18H2,1H3,(H2,32,33,34). The summed E-state index contributed by atoms with van der Waals surface area (Å²) in [5.74, 6) is 0.296. The van der Waals surface area contributed by atoms with Gasteiger partial charge in [0.25, 0.3) is 0 Å². The van der Waals surface area contributed by atoms with Crippen LogP contribution in [0.4, 0.5) is 29.3 Å². The molecule has 0 spiro atoms. The molecule has 0 radical (unpaired) electrons. The summed E-state index contributed by atoms with van der Waals surface area (Å²) in [6, 6.07) is 23.3. The van der Waals surface area contributed by atoms with E-state index in [9.17, 15) is 26.4 Å². The van der Waals surface area contributed by atoms with E-state index in [1.165, 1.54) is 31.4 Å². The normalized spacial score (nSPS) is 11.6. The van der Waals surface area contributed by atoms with Gasteiger partial charge in [0, 0.05) is 11.3 Å². The Balaban J connectivity index is 1.69. The third kappa shape index (κ3) is 6.51. The number of carbonyl (C=O) groups is 1. The first-order valence-electron chi connectivity index (χ1n) is 11.4. The molecular formula is C28H23F3N2O4S. The van der Waals surface area contributed by atoms with Crippen LogP contribution in [0.15, 0.2) is 102 Å². The first kappa shape index (κ1) is 26.7. The Morgan fingerprint density at radius 1 is 0.842 bits per heavy atom. The van der Waals surface area contributed by atoms with Gasteiger partial charge in [0.2, 0.25) is 0 Å². The number of methoxy groups -OCH3 is 1. The van der Waals surface area contributed by atoms with Crippen LogP contribution in [-0.2, 0) is 21.8 Å². The zero-order valence-electron chi connectivity index (χ0n) is 20.1. The van der Waals surface area contributed by atoms with Gasteiger partial charge in [-0.25, -0.2) is 13.2 Å². The Kier molecular flexibility index (Phi) is 7.72. The van der Waals surface area contributed by atoms with E-state index in [1.807, 2.05) is 0 Å². The van der Waals surface area contributed by atoms with Gasteiger partial charge in [0.1, 0.15) is 5.75 Å². The molecule has 0 heterocycles. The first-order chi connectivity index (χ1) is 18.0. The van der Waals surface area contributed by atoms with Crippen LogP contribution in [0.3, 0.4) is 0 Å². The molecule has 0 saturated carbocycles. The summed E-state index contributed by atoms with van der Waals surface area (Å²) in [5.41, 5.74) is 0.875. The Bertz CT molecular complexity index is 1560. The third-order valence-electron chi connectivity index (χ3n) is 5.63. The fourth-order valence-electron chi connectivity index (χ4n) is 3.80. The second kappa shape index (κ2) is 11.0. The maximum absolute atomic E-state index is 13.2. The molecule has 0 aromatic heterocycles. The second-order valence-corrected chi connectivity index (χ2v) is 10.3. The number of benzene rings is 4. The highest BCUT2D eigenvalue weighted by Crippen LogP contribution is 2.34. The number of sulfone groups is 1. The van der Waals surface area contributed by atoms with Gasteiger partial charge in [-0.05, 0) is 53.6 Å². The monoisotopic (exact) mass is 540 g/mol. The molecule has 4 aromatic rings. The summed E-state index contributed by atoms with van der Waals surface area (Å²) in [6.45, 7) is 0. The lowest BCUT2D eigenvalue weighted by molar-refractivity contribution is -0.137. The van der Waals surface area contributed by atoms with Gasteiger partial charge in [0.15, 0.2) is 9.84 Å². The number of halogens is 3. The van der Waals surface area contributed by atoms with Crippen LogP contribution in [0.5, 0.6) is 5.75 Å². The minimum Gasteiger partial charge on any atom is -0.497 e. The molecule has 4 rings (SSSR count). The summed E-state index contributed by atoms with van der Waals surface area (Å²) in [7, 11) is -2.29. The van der Waals surface area contributed by atoms with Crippen molar-refractivity contribution in [2.45, 2.75) is 16.8 Å². The number of rotatable bonds is 7. The number of nitrogens with one attached hydrogen (secondary N) is 2. The van der Waals surface area contributed by atoms with Gasteiger partial charge in [-0.2, -0.15) is 13.2 Å². The minimum absolute atomic E-state index is 0.0256. The van der Waals surface area contributed by atoms with E-state index < -0.39 is 27.6 Å². The molecule has 38 heavy (non-hydrogen) atoms. The Morgan fingerprint density at radius 3 is 2.29 bits per heavy atom. The molecule has 0 atom stereocenters. The van der Waals surface area contributed by atoms with Crippen LogP contribution in [0, 0.1) is 0 Å². The summed E-state index contributed by atoms with van der Waals surface area (Å²) in [6.07, 6.45) is -4.57. The molecule has 10 heteroatoms. The lowest BCUT2D eigenvalue weighted by atomic mass is 10.0. The summed E-state index contributed by atoms with van der Waals surface area (Å²) in [5, 5.41) is 4.97. The molecule has 0 unspecified atom stereocenters. The molecule has 0 fully saturated rings. The highest BCUT2D eigenvalue weighted by Gasteiger charge is 2.30. The Morgan fingerprint density at radius 2 is 1.58 bits per heavy atom. The van der Waals surface area contributed by atoms with Gasteiger partial charge in [-0.1, -0.05) is 54.6 Å². The average molecular weight is 541 g/mol. The Hall–Kier alpha value is -4.31. The zero-order chi connectivity index (χ0) is 27.3. The minimum atomic E-state index is -4.57. The van der Waals surface area contributed by atoms with E-state index in [-0.39, 0.29) is 22.0 Å². The zero-order valence-corrected chi connectivity index (χ0v) is 20.9. The predicted octanol–water partition coefficient (Wildman–Crippen LogP) is 7.00. The number of anilines is 2. The number of carbonyl (C=O) groups excluding carboxylic acids is 1. The van der Waals surface area contributed by atoms with Gasteiger partial charge in [-0.3, -0.25) is 0 Å². The summed E-state index contributed by atoms with van der Waals surface area (Å²) in [4.78, 5) is 12.8. The molecule has 4 aromatic carbocycles. The predicted molar refractivity (Wildman–Crippen MR) is 140 cm³/mol. The van der Waals surface area contributed by atoms with E-state index in [0.717, 1.165) is 12.1 Å². The van der Waals surface area contributed by atoms with E-state index in [1.54, 1.807) is 60.7 Å². The van der Waals surface area contributed by atoms with Crippen LogP contribution < -0.4 is 15.4 Å². The SMILES string of the molecule is COc1cccc(-c2ccc(S(=O)(=O)Cc3ccccc3)cc2NC(=O)Nc2cccc(C(F)(F)F)c2)c1. The van der Waals surface area contributed by atoms with Crippen LogP contribution in [0.1, 0.15) is 11.1 Å². The van der Waals surface area contributed by atoms with Crippen molar-refractivity contribution in [2.75, 3.05) is 17.7 Å². The van der Waals surface area contributed by atoms with E-state index in [2.05, 4.69) is 10.6 Å². The average Bonchev–Trinajstić information content (AvgIpc) is 2.88. The topological polar surface area (TPSA) is 84.5 Å². The third-order valence-corrected chi connectivity index (χ3v) is 7.31. The molecule has 0 aliphatic rings. The lowest BCUT2D eigenvalue weighted by Crippen LogP contribution is -2.20. The van der Waals surface area contributed by atoms with Crippen molar-refractivity contribution in [1.82, 2.24) is 0 Å². The largest absolute Gasteiger partial charge is 0.497 e. The molecule has 0 bridgehead atoms. The van der Waals surface area contributed by atoms with Crippen LogP contribution in [0.25, 0.3) is 11.1 Å². The van der Waals surface area contributed by atoms with Crippen molar-refractivity contribution in [3.63, 3.8) is 0 Å². The molecule has 2 N–H and O–H groups in total. The molecule has 196 valence electrons. The van der Waals surface area contributed by atoms with E-state index >= 15 is 0 Å². The molecule has 2 amide bonds. The fraction of sp³-hybridized carbons (Fsp3) is 0.107. The number of amides is 2. The summed E-state index contributed by atoms with van der Waals surface area (Å²) < 4.78 is 70.8. The van der Waals surface area contributed by atoms with Crippen molar-refractivity contribution < 1.29 is 31.1 Å². The maximum atomic E-state index is 13.2. The first-order valence-corrected chi connectivity index (χ1v) is 13.0. The van der Waals surface area contributed by atoms with Crippen molar-refractivity contribution in [3.05, 3.63) is 108 Å². The Labute approximate surface area is 218 Å². The van der Waals surface area contributed by atoms with Gasteiger partial charge in [-0.15, -0.1) is 0 Å². The van der Waals surface area contributed by atoms with Crippen molar-refractivity contribution in [2.24, 2.45) is 0 Å². The molecular weight excluding hydrogens is 517 g/mol. The molecule has 0 aliphatic heterocycles. The highest BCUT2D eigenvalue weighted by atomic mass is 32.2. The van der Waals surface area contributed by atoms with E-state index in [4.69, 9.17) is 4.74 Å². The maximum Gasteiger partial charge on any atom is 0.416 e. The van der Waals surface area contributed by atoms with Crippen LogP contribution in [0.2, 0.25) is 0 Å². The number of alkyl halides is 3. The lowest BCUT2D eigenvalue weighted by Gasteiger charge is -2.16. The number of urea groups is 1. The molecule has 0 aliphatic carbocycles. The second-order valence-electron chi connectivity index (χ2n) is 8.34. The van der Waals surface area contributed by atoms with E-state index in [0.29, 0.717) is 22.4 Å². The van der Waals surface area contributed by atoms with Crippen LogP contribution in [-0.4, -0.2) is 21.6 Å². The number of hydrogen-bond acceptors (Lipinski definition) is 4. The molecule has 6 nitrogen and oxygen atoms in total. The van der Waals surface area contributed by atoms with Gasteiger partial charge >= 0.3 is 12.2 Å².